The van der Waals surface area contributed by atoms with Crippen molar-refractivity contribution in [3.05, 3.63) is 56.2 Å². The monoisotopic (exact) mass is 365 g/mol. The third-order valence-electron chi connectivity index (χ3n) is 3.67. The number of hydrogen-bond donors (Lipinski definition) is 1. The molecule has 0 aliphatic carbocycles. The van der Waals surface area contributed by atoms with Gasteiger partial charge in [0.05, 0.1) is 0 Å². The highest BCUT2D eigenvalue weighted by Gasteiger charge is 2.13. The molecule has 0 radical (unpaired) electrons. The van der Waals surface area contributed by atoms with Crippen LogP contribution in [0.15, 0.2) is 40.2 Å². The summed E-state index contributed by atoms with van der Waals surface area (Å²) in [5.74, 6) is 0.647. The Morgan fingerprint density at radius 3 is 2.52 bits per heavy atom. The van der Waals surface area contributed by atoms with Gasteiger partial charge in [0.1, 0.15) is 0 Å². The van der Waals surface area contributed by atoms with Crippen molar-refractivity contribution in [3.8, 4) is 0 Å². The standard InChI is InChI=1S/C18H24BrNS/c1-3-9-20-13-16(12-18-17(19)8-10-21-18)11-15-6-4-14(2)5-7-15/h4-8,10,16,20H,3,9,11-13H2,1-2H3. The Labute approximate surface area is 140 Å². The van der Waals surface area contributed by atoms with Crippen LogP contribution in [0.25, 0.3) is 0 Å². The van der Waals surface area contributed by atoms with Gasteiger partial charge in [-0.15, -0.1) is 11.3 Å². The van der Waals surface area contributed by atoms with Crippen LogP contribution in [0, 0.1) is 12.8 Å². The molecule has 1 aromatic carbocycles. The topological polar surface area (TPSA) is 12.0 Å². The maximum absolute atomic E-state index is 3.66. The Morgan fingerprint density at radius 1 is 1.14 bits per heavy atom. The first-order valence-corrected chi connectivity index (χ1v) is 9.34. The van der Waals surface area contributed by atoms with Crippen LogP contribution in [0.4, 0.5) is 0 Å². The van der Waals surface area contributed by atoms with Crippen LogP contribution >= 0.6 is 27.3 Å². The lowest BCUT2D eigenvalue weighted by atomic mass is 9.95. The van der Waals surface area contributed by atoms with Crippen molar-refractivity contribution in [2.45, 2.75) is 33.1 Å². The van der Waals surface area contributed by atoms with E-state index in [1.807, 2.05) is 11.3 Å². The van der Waals surface area contributed by atoms with E-state index in [2.05, 4.69) is 70.8 Å². The van der Waals surface area contributed by atoms with Gasteiger partial charge in [-0.1, -0.05) is 36.8 Å². The molecule has 0 saturated carbocycles. The molecule has 1 unspecified atom stereocenters. The van der Waals surface area contributed by atoms with Crippen LogP contribution in [-0.4, -0.2) is 13.1 Å². The second-order valence-corrected chi connectivity index (χ2v) is 7.51. The summed E-state index contributed by atoms with van der Waals surface area (Å²) < 4.78 is 1.26. The van der Waals surface area contributed by atoms with E-state index in [4.69, 9.17) is 0 Å². The number of halogens is 1. The molecule has 2 aromatic rings. The van der Waals surface area contributed by atoms with E-state index in [9.17, 15) is 0 Å². The highest BCUT2D eigenvalue weighted by Crippen LogP contribution is 2.26. The van der Waals surface area contributed by atoms with Crippen molar-refractivity contribution in [2.75, 3.05) is 13.1 Å². The molecule has 21 heavy (non-hydrogen) atoms. The van der Waals surface area contributed by atoms with Crippen molar-refractivity contribution in [1.29, 1.82) is 0 Å². The fourth-order valence-corrected chi connectivity index (χ4v) is 4.12. The summed E-state index contributed by atoms with van der Waals surface area (Å²) in [6.07, 6.45) is 3.48. The molecule has 1 atom stereocenters. The van der Waals surface area contributed by atoms with E-state index < -0.39 is 0 Å². The molecule has 0 saturated heterocycles. The van der Waals surface area contributed by atoms with Gasteiger partial charge in [0, 0.05) is 9.35 Å². The Bertz CT molecular complexity index is 532. The van der Waals surface area contributed by atoms with Crippen molar-refractivity contribution >= 4 is 27.3 Å². The maximum atomic E-state index is 3.66. The van der Waals surface area contributed by atoms with Crippen LogP contribution < -0.4 is 5.32 Å². The van der Waals surface area contributed by atoms with Crippen LogP contribution in [0.2, 0.25) is 0 Å². The van der Waals surface area contributed by atoms with Gasteiger partial charge in [0.2, 0.25) is 0 Å². The smallest absolute Gasteiger partial charge is 0.0314 e. The van der Waals surface area contributed by atoms with Crippen LogP contribution in [0.5, 0.6) is 0 Å². The van der Waals surface area contributed by atoms with Crippen molar-refractivity contribution in [2.24, 2.45) is 5.92 Å². The molecular formula is C18H24BrNS. The summed E-state index contributed by atoms with van der Waals surface area (Å²) in [6.45, 7) is 6.56. The maximum Gasteiger partial charge on any atom is 0.0314 e. The molecule has 1 N–H and O–H groups in total. The predicted octanol–water partition coefficient (Wildman–Crippen LogP) is 5.22. The van der Waals surface area contributed by atoms with Gasteiger partial charge in [0.15, 0.2) is 0 Å². The third kappa shape index (κ3) is 5.57. The zero-order valence-electron chi connectivity index (χ0n) is 12.9. The minimum atomic E-state index is 0.647. The molecule has 0 aliphatic rings. The SMILES string of the molecule is CCCNCC(Cc1ccc(C)cc1)Cc1sccc1Br. The highest BCUT2D eigenvalue weighted by atomic mass is 79.9. The first-order valence-electron chi connectivity index (χ1n) is 7.67. The van der Waals surface area contributed by atoms with E-state index in [0.29, 0.717) is 5.92 Å². The number of thiophene rings is 1. The van der Waals surface area contributed by atoms with Gasteiger partial charge in [-0.3, -0.25) is 0 Å². The van der Waals surface area contributed by atoms with Crippen molar-refractivity contribution < 1.29 is 0 Å². The largest absolute Gasteiger partial charge is 0.316 e. The molecule has 0 amide bonds. The molecule has 1 aromatic heterocycles. The van der Waals surface area contributed by atoms with E-state index in [1.54, 1.807) is 0 Å². The van der Waals surface area contributed by atoms with Crippen LogP contribution in [-0.2, 0) is 12.8 Å². The molecule has 0 bridgehead atoms. The van der Waals surface area contributed by atoms with Gasteiger partial charge >= 0.3 is 0 Å². The number of aryl methyl sites for hydroxylation is 1. The van der Waals surface area contributed by atoms with Gasteiger partial charge in [-0.05, 0) is 78.1 Å². The molecule has 2 rings (SSSR count). The van der Waals surface area contributed by atoms with Crippen molar-refractivity contribution in [1.82, 2.24) is 5.32 Å². The molecule has 1 nitrogen and oxygen atoms in total. The van der Waals surface area contributed by atoms with E-state index in [0.717, 1.165) is 25.9 Å². The Kier molecular flexibility index (Phi) is 6.94. The Hall–Kier alpha value is -0.640. The number of hydrogen-bond acceptors (Lipinski definition) is 2. The second kappa shape index (κ2) is 8.72. The Balaban J connectivity index is 2.00. The molecular weight excluding hydrogens is 342 g/mol. The van der Waals surface area contributed by atoms with Gasteiger partial charge < -0.3 is 5.32 Å². The minimum Gasteiger partial charge on any atom is -0.316 e. The quantitative estimate of drug-likeness (QED) is 0.632. The lowest BCUT2D eigenvalue weighted by Crippen LogP contribution is -2.26. The summed E-state index contributed by atoms with van der Waals surface area (Å²) in [5.41, 5.74) is 2.77. The Morgan fingerprint density at radius 2 is 1.90 bits per heavy atom. The number of benzene rings is 1. The predicted molar refractivity (Wildman–Crippen MR) is 97.3 cm³/mol. The van der Waals surface area contributed by atoms with Gasteiger partial charge in [-0.25, -0.2) is 0 Å². The summed E-state index contributed by atoms with van der Waals surface area (Å²) in [6, 6.07) is 11.1. The van der Waals surface area contributed by atoms with E-state index in [-0.39, 0.29) is 0 Å². The number of rotatable bonds is 8. The summed E-state index contributed by atoms with van der Waals surface area (Å²) in [4.78, 5) is 1.46. The average molecular weight is 366 g/mol. The minimum absolute atomic E-state index is 0.647. The first kappa shape index (κ1) is 16.7. The summed E-state index contributed by atoms with van der Waals surface area (Å²) in [7, 11) is 0. The summed E-state index contributed by atoms with van der Waals surface area (Å²) >= 11 is 5.52. The van der Waals surface area contributed by atoms with E-state index in [1.165, 1.54) is 26.9 Å². The number of nitrogens with one attached hydrogen (secondary N) is 1. The summed E-state index contributed by atoms with van der Waals surface area (Å²) in [5, 5.41) is 5.76. The second-order valence-electron chi connectivity index (χ2n) is 5.66. The third-order valence-corrected chi connectivity index (χ3v) is 5.62. The normalized spacial score (nSPS) is 12.5. The fourth-order valence-electron chi connectivity index (χ4n) is 2.49. The van der Waals surface area contributed by atoms with Crippen molar-refractivity contribution in [3.63, 3.8) is 0 Å². The zero-order valence-corrected chi connectivity index (χ0v) is 15.3. The highest BCUT2D eigenvalue weighted by molar-refractivity contribution is 9.10. The molecule has 0 spiro atoms. The molecule has 1 heterocycles. The van der Waals surface area contributed by atoms with E-state index >= 15 is 0 Å². The first-order chi connectivity index (χ1) is 10.2. The lowest BCUT2D eigenvalue weighted by Gasteiger charge is -2.17. The fraction of sp³-hybridized carbons (Fsp3) is 0.444. The van der Waals surface area contributed by atoms with Gasteiger partial charge in [-0.2, -0.15) is 0 Å². The van der Waals surface area contributed by atoms with Gasteiger partial charge in [0.25, 0.3) is 0 Å². The molecule has 3 heteroatoms. The lowest BCUT2D eigenvalue weighted by molar-refractivity contribution is 0.473. The molecule has 0 aliphatic heterocycles. The van der Waals surface area contributed by atoms with Crippen LogP contribution in [0.1, 0.15) is 29.3 Å². The van der Waals surface area contributed by atoms with Crippen LogP contribution in [0.3, 0.4) is 0 Å². The average Bonchev–Trinajstić information content (AvgIpc) is 2.87. The molecule has 0 fully saturated rings. The molecule has 114 valence electrons. The zero-order chi connectivity index (χ0) is 15.1.